The van der Waals surface area contributed by atoms with E-state index in [2.05, 4.69) is 189 Å². The summed E-state index contributed by atoms with van der Waals surface area (Å²) in [6.07, 6.45) is 50.7. The van der Waals surface area contributed by atoms with Gasteiger partial charge in [0.1, 0.15) is 57.2 Å². The van der Waals surface area contributed by atoms with Gasteiger partial charge in [-0.3, -0.25) is 49.8 Å². The SMILES string of the molecule is CCCCCn1c[c-]c2ccccc21.CNc1cc[c-]cc1.COc1cc[c-]cc1.COc1ccnc(-c2cc(OC)ccn2)c1.COc1ccnc(-c2cc(OC)ccn2)c1.Cn1ccnc1.Cn1ccnc1-c1ccccn1.Cn1ccnc1-c1ccccn1.Cn1ccnc1-c1ccccn1.Cn1ccnc1-c1ccccn1.Cn1ccnc1-c1ccccn1.Cn1ccnc1-c1ccccn1.[Cl][Os].[Cl][Os].[Cl][Os].[Cl][Os]. The van der Waals surface area contributed by atoms with Gasteiger partial charge in [-0.2, -0.15) is 53.9 Å². The normalized spacial score (nSPS) is 9.53. The van der Waals surface area contributed by atoms with Crippen LogP contribution in [0, 0.1) is 18.2 Å². The van der Waals surface area contributed by atoms with Crippen LogP contribution < -0.4 is 29.0 Å². The molecule has 31 nitrogen and oxygen atoms in total. The van der Waals surface area contributed by atoms with Crippen LogP contribution in [0.25, 0.3) is 103 Å². The summed E-state index contributed by atoms with van der Waals surface area (Å²) in [5.74, 6) is 9.31. The fourth-order valence-electron chi connectivity index (χ4n) is 12.5. The zero-order valence-electron chi connectivity index (χ0n) is 83.9. The van der Waals surface area contributed by atoms with Crippen LogP contribution in [-0.2, 0) is 126 Å². The second-order valence-electron chi connectivity index (χ2n) is 29.7. The zero-order chi connectivity index (χ0) is 107. The Morgan fingerprint density at radius 1 is 0.284 bits per heavy atom. The summed E-state index contributed by atoms with van der Waals surface area (Å²) in [4.78, 5) is 71.0. The molecule has 0 atom stereocenters. The van der Waals surface area contributed by atoms with E-state index in [1.165, 1.54) is 101 Å². The molecule has 0 radical (unpaired) electrons. The summed E-state index contributed by atoms with van der Waals surface area (Å²) in [5, 5.41) is 4.23. The van der Waals surface area contributed by atoms with E-state index in [1.54, 1.807) is 171 Å². The number of pyridine rings is 10. The van der Waals surface area contributed by atoms with Crippen molar-refractivity contribution in [3.8, 4) is 121 Å². The van der Waals surface area contributed by atoms with E-state index in [9.17, 15) is 0 Å². The summed E-state index contributed by atoms with van der Waals surface area (Å²) < 4.78 is 41.3. The van der Waals surface area contributed by atoms with Gasteiger partial charge in [0.05, 0.1) is 64.7 Å². The molecule has 0 saturated carbocycles. The molecule has 148 heavy (non-hydrogen) atoms. The predicted molar refractivity (Wildman–Crippen MR) is 573 cm³/mol. The number of anilines is 1. The van der Waals surface area contributed by atoms with Gasteiger partial charge in [-0.1, -0.05) is 85.7 Å². The Kier molecular flexibility index (Phi) is 61.6. The van der Waals surface area contributed by atoms with E-state index in [4.69, 9.17) is 23.7 Å². The Balaban J connectivity index is 0.000000246. The average molecular weight is 2770 g/mol. The van der Waals surface area contributed by atoms with Crippen LogP contribution in [0.2, 0.25) is 0 Å². The van der Waals surface area contributed by atoms with Crippen LogP contribution in [0.1, 0.15) is 26.2 Å². The van der Waals surface area contributed by atoms with Gasteiger partial charge in [0, 0.05) is 242 Å². The van der Waals surface area contributed by atoms with Gasteiger partial charge in [0.2, 0.25) is 0 Å². The minimum atomic E-state index is 0.759. The van der Waals surface area contributed by atoms with Gasteiger partial charge in [0.15, 0.2) is 34.9 Å². The molecule has 0 amide bonds. The molecular formula is C109H115Cl4N26O5Os4-3. The van der Waals surface area contributed by atoms with E-state index in [-0.39, 0.29) is 0 Å². The molecule has 1 N–H and O–H groups in total. The van der Waals surface area contributed by atoms with Crippen LogP contribution in [0.3, 0.4) is 0 Å². The number of halogens is 4. The second kappa shape index (κ2) is 74.5. The number of hydrogen-bond donors (Lipinski definition) is 1. The number of para-hydroxylation sites is 1. The van der Waals surface area contributed by atoms with Crippen molar-refractivity contribution in [3.05, 3.63) is 410 Å². The quantitative estimate of drug-likeness (QED) is 0.0616. The Hall–Kier alpha value is -14.3. The number of ether oxygens (including phenoxy) is 5. The summed E-state index contributed by atoms with van der Waals surface area (Å²) in [7, 11) is 42.4. The molecule has 21 rings (SSSR count). The van der Waals surface area contributed by atoms with Crippen LogP contribution in [0.4, 0.5) is 5.69 Å². The molecular weight excluding hydrogens is 2660 g/mol. The van der Waals surface area contributed by atoms with Crippen molar-refractivity contribution < 1.29 is 94.1 Å². The number of hydrogen-bond acceptors (Lipinski definition) is 23. The Bertz CT molecular complexity index is 6130. The molecule has 0 fully saturated rings. The Labute approximate surface area is 923 Å². The first kappa shape index (κ1) is 122. The number of rotatable bonds is 18. The summed E-state index contributed by atoms with van der Waals surface area (Å²) >= 11 is 5.33. The van der Waals surface area contributed by atoms with Gasteiger partial charge in [-0.15, -0.1) is 30.3 Å². The summed E-state index contributed by atoms with van der Waals surface area (Å²) in [6.45, 7) is 3.36. The summed E-state index contributed by atoms with van der Waals surface area (Å²) in [6, 6.07) is 81.9. The zero-order valence-corrected chi connectivity index (χ0v) is 97.1. The van der Waals surface area contributed by atoms with Crippen molar-refractivity contribution in [2.75, 3.05) is 47.9 Å². The van der Waals surface area contributed by atoms with E-state index in [1.807, 2.05) is 314 Å². The van der Waals surface area contributed by atoms with Crippen LogP contribution in [0.5, 0.6) is 28.7 Å². The number of nitrogens with zero attached hydrogens (tertiary/aromatic N) is 25. The topological polar surface area (TPSA) is 317 Å². The van der Waals surface area contributed by atoms with E-state index in [0.717, 1.165) is 133 Å². The number of nitrogens with one attached hydrogen (secondary N) is 1. The first-order chi connectivity index (χ1) is 72.6. The fraction of sp³-hybridized carbons (Fsp3) is 0.165. The van der Waals surface area contributed by atoms with Gasteiger partial charge in [0.25, 0.3) is 0 Å². The monoisotopic (exact) mass is 2780 g/mol. The molecule has 774 valence electrons. The number of aryl methyl sites for hydroxylation is 8. The molecule has 21 aromatic rings. The number of methoxy groups -OCH3 is 5. The van der Waals surface area contributed by atoms with Crippen molar-refractivity contribution in [1.29, 1.82) is 0 Å². The van der Waals surface area contributed by atoms with Crippen molar-refractivity contribution >= 4 is 55.1 Å². The van der Waals surface area contributed by atoms with Crippen molar-refractivity contribution in [2.45, 2.75) is 32.7 Å². The Morgan fingerprint density at radius 2 is 0.554 bits per heavy atom. The van der Waals surface area contributed by atoms with Gasteiger partial charge < -0.3 is 65.5 Å². The molecule has 0 aliphatic rings. The number of aromatic nitrogens is 25. The third-order valence-electron chi connectivity index (χ3n) is 19.8. The average Bonchev–Trinajstić information content (AvgIpc) is 1.72. The van der Waals surface area contributed by atoms with Crippen molar-refractivity contribution in [2.24, 2.45) is 49.3 Å². The van der Waals surface area contributed by atoms with Crippen molar-refractivity contribution in [3.63, 3.8) is 0 Å². The molecule has 0 spiro atoms. The fourth-order valence-corrected chi connectivity index (χ4v) is 12.5. The van der Waals surface area contributed by atoms with E-state index in [0.29, 0.717) is 0 Å². The molecule has 0 unspecified atom stereocenters. The van der Waals surface area contributed by atoms with Gasteiger partial charge >= 0.3 is 109 Å². The van der Waals surface area contributed by atoms with E-state index < -0.39 is 0 Å². The number of benzene rings is 3. The molecule has 3 aromatic carbocycles. The van der Waals surface area contributed by atoms with E-state index >= 15 is 0 Å². The number of unbranched alkanes of at least 4 members (excludes halogenated alkanes) is 2. The van der Waals surface area contributed by atoms with Gasteiger partial charge in [-0.05, 0) is 103 Å². The Morgan fingerprint density at radius 3 is 0.764 bits per heavy atom. The predicted octanol–water partition coefficient (Wildman–Crippen LogP) is 23.0. The second-order valence-corrected chi connectivity index (χ2v) is 29.7. The van der Waals surface area contributed by atoms with Crippen LogP contribution in [-0.4, -0.2) is 164 Å². The minimum absolute atomic E-state index is 0.759. The third-order valence-corrected chi connectivity index (χ3v) is 19.8. The van der Waals surface area contributed by atoms with Crippen molar-refractivity contribution in [1.82, 2.24) is 121 Å². The first-order valence-corrected chi connectivity index (χ1v) is 57.6. The number of imidazole rings is 7. The molecule has 0 bridgehead atoms. The standard InChI is InChI=1S/C13H16N.2C12H12N2O2.6C9H9N3.C7H8N.C7H7O.C4H6N2.4ClH.4Os/c1-2-3-6-10-14-11-9-12-7-4-5-8-13(12)14;2*1-15-9-3-5-13-11(7-9)12-8-10(16-2)4-6-14-12;6*1-12-7-6-11-9(12)8-4-2-3-5-10-8;2*1-8-7-5-3-2-4-6-7;1-6-3-2-5-4-6;;;;;;;;/h4-5,7-8,11H,2-3,6,10H2,1H3;2*3-8H,1-2H3;6*2-7H,1H3;3-6,8H,1H3;3-6H,1H3;2-4H,1H3;4*1H;;;;/q-1;;;;;;;;;2*-1;;;;;;4*+1/p-4. The number of fused-ring (bicyclic) bond motifs is 1. The molecule has 0 saturated heterocycles. The van der Waals surface area contributed by atoms with Gasteiger partial charge in [-0.25, -0.2) is 34.9 Å². The van der Waals surface area contributed by atoms with Crippen LogP contribution in [0.15, 0.2) is 392 Å². The molecule has 18 heterocycles. The molecule has 0 aliphatic heterocycles. The molecule has 39 heteroatoms. The summed E-state index contributed by atoms with van der Waals surface area (Å²) in [5.41, 5.74) is 10.9. The molecule has 0 aliphatic carbocycles. The third kappa shape index (κ3) is 44.1. The maximum atomic E-state index is 5.13. The molecule has 18 aromatic heterocycles. The first-order valence-electron chi connectivity index (χ1n) is 45.0. The maximum absolute atomic E-state index is 5.13. The van der Waals surface area contributed by atoms with Crippen LogP contribution >= 0.6 is 38.6 Å².